The normalized spacial score (nSPS) is 18.9. The van der Waals surface area contributed by atoms with Crippen molar-refractivity contribution in [2.24, 2.45) is 0 Å². The zero-order chi connectivity index (χ0) is 32.5. The number of rotatable bonds is 10. The highest BCUT2D eigenvalue weighted by molar-refractivity contribution is 5.90. The number of H-pyrrole nitrogens is 1. The number of anilines is 1. The number of nitrogens with zero attached hydrogens (tertiary/aromatic N) is 4. The zero-order valence-electron chi connectivity index (χ0n) is 26.7. The van der Waals surface area contributed by atoms with Crippen molar-refractivity contribution in [1.82, 2.24) is 24.7 Å². The standard InChI is InChI=1S/C36H42F2N6O3/c1-2-23-21-44(36(46)40-27-6-5-25(30(18-27)34(37)38)20-43-13-11-42(12-14-43)15-16-45)22-26-17-28(7-8-29(23)26)47-33-9-10-39-35-31(33)19-32(41-35)24-3-4-24/h5-10,17-19,23-24,34,45H,2-4,11-16,20-22H2,1H3,(H,39,41)(H,40,46)/t23-/m0/s1. The summed E-state index contributed by atoms with van der Waals surface area (Å²) in [5.41, 5.74) is 5.08. The first kappa shape index (κ1) is 31.5. The third-order valence-electron chi connectivity index (χ3n) is 9.80. The van der Waals surface area contributed by atoms with E-state index in [1.54, 1.807) is 23.2 Å². The Morgan fingerprint density at radius 1 is 1.09 bits per heavy atom. The van der Waals surface area contributed by atoms with Crippen LogP contribution in [0.5, 0.6) is 11.5 Å². The number of carbonyl (C=O) groups excluding carboxylic acids is 1. The maximum Gasteiger partial charge on any atom is 0.322 e. The van der Waals surface area contributed by atoms with E-state index in [4.69, 9.17) is 4.74 Å². The van der Waals surface area contributed by atoms with Gasteiger partial charge in [-0.1, -0.05) is 19.1 Å². The molecule has 9 nitrogen and oxygen atoms in total. The number of hydrogen-bond donors (Lipinski definition) is 3. The summed E-state index contributed by atoms with van der Waals surface area (Å²) in [6.07, 6.45) is 2.33. The lowest BCUT2D eigenvalue weighted by Gasteiger charge is -2.35. The average Bonchev–Trinajstić information content (AvgIpc) is 3.84. The minimum absolute atomic E-state index is 0.0605. The molecule has 1 saturated carbocycles. The molecule has 7 rings (SSSR count). The van der Waals surface area contributed by atoms with Crippen LogP contribution in [-0.4, -0.2) is 81.7 Å². The van der Waals surface area contributed by atoms with Crippen LogP contribution in [0.2, 0.25) is 0 Å². The summed E-state index contributed by atoms with van der Waals surface area (Å²) in [6.45, 7) is 7.30. The number of halogens is 2. The Hall–Kier alpha value is -4.06. The number of pyridine rings is 1. The number of fused-ring (bicyclic) bond motifs is 2. The molecule has 11 heteroatoms. The van der Waals surface area contributed by atoms with Gasteiger partial charge >= 0.3 is 6.03 Å². The molecular formula is C36H42F2N6O3. The number of amides is 2. The average molecular weight is 645 g/mol. The molecule has 47 heavy (non-hydrogen) atoms. The van der Waals surface area contributed by atoms with Crippen molar-refractivity contribution in [3.05, 3.63) is 82.7 Å². The van der Waals surface area contributed by atoms with Crippen LogP contribution < -0.4 is 10.1 Å². The van der Waals surface area contributed by atoms with Gasteiger partial charge in [0, 0.05) is 81.4 Å². The predicted octanol–water partition coefficient (Wildman–Crippen LogP) is 6.82. The van der Waals surface area contributed by atoms with E-state index in [0.29, 0.717) is 49.1 Å². The van der Waals surface area contributed by atoms with Crippen molar-refractivity contribution in [2.45, 2.75) is 57.5 Å². The van der Waals surface area contributed by atoms with Gasteiger partial charge in [-0.2, -0.15) is 0 Å². The fourth-order valence-corrected chi connectivity index (χ4v) is 6.95. The van der Waals surface area contributed by atoms with Crippen LogP contribution in [0.25, 0.3) is 11.0 Å². The third-order valence-corrected chi connectivity index (χ3v) is 9.80. The van der Waals surface area contributed by atoms with Gasteiger partial charge in [-0.3, -0.25) is 9.80 Å². The van der Waals surface area contributed by atoms with E-state index >= 15 is 0 Å². The van der Waals surface area contributed by atoms with Gasteiger partial charge in [0.1, 0.15) is 17.1 Å². The molecule has 248 valence electrons. The largest absolute Gasteiger partial charge is 0.457 e. The maximum absolute atomic E-state index is 14.2. The van der Waals surface area contributed by atoms with E-state index in [1.807, 2.05) is 18.2 Å². The summed E-state index contributed by atoms with van der Waals surface area (Å²) in [5, 5.41) is 13.0. The summed E-state index contributed by atoms with van der Waals surface area (Å²) in [6, 6.07) is 14.6. The summed E-state index contributed by atoms with van der Waals surface area (Å²) >= 11 is 0. The number of nitrogens with one attached hydrogen (secondary N) is 2. The molecule has 2 aromatic heterocycles. The second kappa shape index (κ2) is 13.6. The summed E-state index contributed by atoms with van der Waals surface area (Å²) in [4.78, 5) is 27.5. The number of aromatic nitrogens is 2. The topological polar surface area (TPSA) is 97.0 Å². The SMILES string of the molecule is CC[C@H]1CN(C(=O)Nc2ccc(CN3CCN(CCO)CC3)c(C(F)F)c2)Cc2cc(Oc3ccnc4[nH]c(C5CC5)cc34)ccc21. The number of aromatic amines is 1. The highest BCUT2D eigenvalue weighted by atomic mass is 19.3. The Morgan fingerprint density at radius 2 is 1.89 bits per heavy atom. The number of aliphatic hydroxyl groups excluding tert-OH is 1. The van der Waals surface area contributed by atoms with E-state index < -0.39 is 6.43 Å². The number of carbonyl (C=O) groups is 1. The van der Waals surface area contributed by atoms with Gasteiger partial charge in [-0.05, 0) is 78.3 Å². The van der Waals surface area contributed by atoms with Crippen molar-refractivity contribution in [2.75, 3.05) is 51.2 Å². The van der Waals surface area contributed by atoms with Crippen molar-refractivity contribution in [1.29, 1.82) is 0 Å². The first-order valence-electron chi connectivity index (χ1n) is 16.7. The second-order valence-corrected chi connectivity index (χ2v) is 13.0. The molecule has 2 fully saturated rings. The first-order valence-corrected chi connectivity index (χ1v) is 16.7. The lowest BCUT2D eigenvalue weighted by atomic mass is 9.88. The van der Waals surface area contributed by atoms with Crippen molar-refractivity contribution < 1.29 is 23.4 Å². The molecule has 3 aliphatic rings. The minimum Gasteiger partial charge on any atom is -0.457 e. The van der Waals surface area contributed by atoms with E-state index in [0.717, 1.165) is 54.9 Å². The van der Waals surface area contributed by atoms with Crippen LogP contribution in [-0.2, 0) is 13.1 Å². The Kier molecular flexibility index (Phi) is 9.11. The molecule has 0 unspecified atom stereocenters. The van der Waals surface area contributed by atoms with Gasteiger partial charge in [0.05, 0.1) is 12.0 Å². The Morgan fingerprint density at radius 3 is 2.64 bits per heavy atom. The van der Waals surface area contributed by atoms with Gasteiger partial charge in [0.15, 0.2) is 0 Å². The van der Waals surface area contributed by atoms with Gasteiger partial charge in [0.25, 0.3) is 6.43 Å². The molecule has 2 amide bonds. The van der Waals surface area contributed by atoms with Crippen LogP contribution in [0.3, 0.4) is 0 Å². The molecule has 3 N–H and O–H groups in total. The molecule has 4 aromatic rings. The number of benzene rings is 2. The number of alkyl halides is 2. The zero-order valence-corrected chi connectivity index (χ0v) is 26.7. The molecular weight excluding hydrogens is 602 g/mol. The fraction of sp³-hybridized carbons (Fsp3) is 0.444. The summed E-state index contributed by atoms with van der Waals surface area (Å²) in [7, 11) is 0. The molecule has 2 aliphatic heterocycles. The van der Waals surface area contributed by atoms with Gasteiger partial charge in [-0.15, -0.1) is 0 Å². The number of ether oxygens (including phenoxy) is 1. The maximum atomic E-state index is 14.2. The molecule has 1 aliphatic carbocycles. The number of hydrogen-bond acceptors (Lipinski definition) is 6. The summed E-state index contributed by atoms with van der Waals surface area (Å²) in [5.74, 6) is 2.15. The van der Waals surface area contributed by atoms with Crippen LogP contribution in [0, 0.1) is 0 Å². The van der Waals surface area contributed by atoms with Crippen LogP contribution in [0.4, 0.5) is 19.3 Å². The van der Waals surface area contributed by atoms with Gasteiger partial charge in [0.2, 0.25) is 0 Å². The van der Waals surface area contributed by atoms with Crippen molar-refractivity contribution >= 4 is 22.8 Å². The second-order valence-electron chi connectivity index (χ2n) is 13.0. The Balaban J connectivity index is 1.04. The third kappa shape index (κ3) is 6.97. The smallest absolute Gasteiger partial charge is 0.322 e. The molecule has 0 radical (unpaired) electrons. The van der Waals surface area contributed by atoms with Gasteiger partial charge < -0.3 is 25.0 Å². The molecule has 0 spiro atoms. The van der Waals surface area contributed by atoms with E-state index in [9.17, 15) is 18.7 Å². The van der Waals surface area contributed by atoms with E-state index in [2.05, 4.69) is 44.1 Å². The number of urea groups is 1. The van der Waals surface area contributed by atoms with Crippen LogP contribution in [0.15, 0.2) is 54.7 Å². The Bertz CT molecular complexity index is 1730. The van der Waals surface area contributed by atoms with E-state index in [-0.39, 0.29) is 24.1 Å². The van der Waals surface area contributed by atoms with E-state index in [1.165, 1.54) is 30.2 Å². The number of β-amino-alcohol motifs (C(OH)–C–C–N with tert-alkyl or cyclic N) is 1. The monoisotopic (exact) mass is 644 g/mol. The Labute approximate surface area is 273 Å². The molecule has 2 aromatic carbocycles. The highest BCUT2D eigenvalue weighted by Gasteiger charge is 2.29. The predicted molar refractivity (Wildman–Crippen MR) is 177 cm³/mol. The molecule has 1 saturated heterocycles. The van der Waals surface area contributed by atoms with Gasteiger partial charge in [-0.25, -0.2) is 18.6 Å². The number of piperazine rings is 1. The first-order chi connectivity index (χ1) is 22.9. The molecule has 0 bridgehead atoms. The minimum atomic E-state index is -2.66. The van der Waals surface area contributed by atoms with Crippen molar-refractivity contribution in [3.8, 4) is 11.5 Å². The van der Waals surface area contributed by atoms with Crippen LogP contribution in [0.1, 0.15) is 72.4 Å². The highest BCUT2D eigenvalue weighted by Crippen LogP contribution is 2.42. The lowest BCUT2D eigenvalue weighted by molar-refractivity contribution is 0.106. The molecule has 1 atom stereocenters. The fourth-order valence-electron chi connectivity index (χ4n) is 6.95. The quantitative estimate of drug-likeness (QED) is 0.175. The lowest BCUT2D eigenvalue weighted by Crippen LogP contribution is -2.46. The number of aliphatic hydroxyl groups is 1. The summed E-state index contributed by atoms with van der Waals surface area (Å²) < 4.78 is 34.8. The van der Waals surface area contributed by atoms with Crippen LogP contribution >= 0.6 is 0 Å². The van der Waals surface area contributed by atoms with Crippen molar-refractivity contribution in [3.63, 3.8) is 0 Å². The molecule has 4 heterocycles.